The molecule has 0 radical (unpaired) electrons. The molecule has 0 spiro atoms. The molecule has 0 heterocycles. The number of rotatable bonds is 5. The van der Waals surface area contributed by atoms with E-state index in [0.717, 1.165) is 23.3 Å². The van der Waals surface area contributed by atoms with Gasteiger partial charge in [0.2, 0.25) is 0 Å². The maximum Gasteiger partial charge on any atom is 0.315 e. The SMILES string of the molecule is CCc1cc(CNC(=O)NC(C)C)ccc1OC. The summed E-state index contributed by atoms with van der Waals surface area (Å²) in [5.41, 5.74) is 2.23. The lowest BCUT2D eigenvalue weighted by Crippen LogP contribution is -2.39. The van der Waals surface area contributed by atoms with Gasteiger partial charge in [0.25, 0.3) is 0 Å². The van der Waals surface area contributed by atoms with E-state index in [1.54, 1.807) is 7.11 Å². The van der Waals surface area contributed by atoms with Crippen molar-refractivity contribution in [3.63, 3.8) is 0 Å². The van der Waals surface area contributed by atoms with Crippen LogP contribution >= 0.6 is 0 Å². The highest BCUT2D eigenvalue weighted by Crippen LogP contribution is 2.20. The molecule has 0 saturated heterocycles. The molecule has 0 aliphatic carbocycles. The molecular weight excluding hydrogens is 228 g/mol. The van der Waals surface area contributed by atoms with Gasteiger partial charge >= 0.3 is 6.03 Å². The van der Waals surface area contributed by atoms with Gasteiger partial charge in [-0.15, -0.1) is 0 Å². The van der Waals surface area contributed by atoms with Crippen LogP contribution in [0.3, 0.4) is 0 Å². The number of nitrogens with one attached hydrogen (secondary N) is 2. The van der Waals surface area contributed by atoms with Gasteiger partial charge in [-0.1, -0.05) is 19.1 Å². The first-order chi connectivity index (χ1) is 8.56. The van der Waals surface area contributed by atoms with Gasteiger partial charge < -0.3 is 15.4 Å². The van der Waals surface area contributed by atoms with Crippen LogP contribution in [-0.2, 0) is 13.0 Å². The summed E-state index contributed by atoms with van der Waals surface area (Å²) >= 11 is 0. The lowest BCUT2D eigenvalue weighted by Gasteiger charge is -2.12. The van der Waals surface area contributed by atoms with Crippen LogP contribution < -0.4 is 15.4 Å². The van der Waals surface area contributed by atoms with Crippen molar-refractivity contribution in [2.24, 2.45) is 0 Å². The highest BCUT2D eigenvalue weighted by atomic mass is 16.5. The third-order valence-corrected chi connectivity index (χ3v) is 2.60. The number of ether oxygens (including phenoxy) is 1. The fourth-order valence-electron chi connectivity index (χ4n) is 1.71. The number of amides is 2. The Hall–Kier alpha value is -1.71. The van der Waals surface area contributed by atoms with Crippen molar-refractivity contribution in [3.05, 3.63) is 29.3 Å². The van der Waals surface area contributed by atoms with Gasteiger partial charge in [0.15, 0.2) is 0 Å². The zero-order chi connectivity index (χ0) is 13.5. The molecule has 100 valence electrons. The van der Waals surface area contributed by atoms with Gasteiger partial charge in [-0.25, -0.2) is 4.79 Å². The van der Waals surface area contributed by atoms with E-state index in [1.807, 2.05) is 26.0 Å². The smallest absolute Gasteiger partial charge is 0.315 e. The number of benzene rings is 1. The molecule has 0 saturated carbocycles. The molecule has 1 aromatic rings. The molecule has 1 aromatic carbocycles. The van der Waals surface area contributed by atoms with Crippen LogP contribution in [-0.4, -0.2) is 19.2 Å². The number of methoxy groups -OCH3 is 1. The number of carbonyl (C=O) groups is 1. The second-order valence-corrected chi connectivity index (χ2v) is 4.48. The molecule has 0 unspecified atom stereocenters. The van der Waals surface area contributed by atoms with Crippen molar-refractivity contribution in [1.82, 2.24) is 10.6 Å². The van der Waals surface area contributed by atoms with Crippen LogP contribution in [0.5, 0.6) is 5.75 Å². The molecular formula is C14H22N2O2. The Balaban J connectivity index is 2.60. The zero-order valence-electron chi connectivity index (χ0n) is 11.5. The van der Waals surface area contributed by atoms with Crippen molar-refractivity contribution in [2.75, 3.05) is 7.11 Å². The molecule has 0 fully saturated rings. The summed E-state index contributed by atoms with van der Waals surface area (Å²) in [7, 11) is 1.67. The molecule has 0 aliphatic heterocycles. The highest BCUT2D eigenvalue weighted by molar-refractivity contribution is 5.74. The molecule has 4 heteroatoms. The molecule has 0 atom stereocenters. The second-order valence-electron chi connectivity index (χ2n) is 4.48. The Morgan fingerprint density at radius 2 is 2.11 bits per heavy atom. The number of hydrogen-bond acceptors (Lipinski definition) is 2. The van der Waals surface area contributed by atoms with E-state index >= 15 is 0 Å². The minimum atomic E-state index is -0.140. The number of urea groups is 1. The van der Waals surface area contributed by atoms with Crippen molar-refractivity contribution >= 4 is 6.03 Å². The molecule has 0 aromatic heterocycles. The lowest BCUT2D eigenvalue weighted by molar-refractivity contribution is 0.238. The summed E-state index contributed by atoms with van der Waals surface area (Å²) in [5, 5.41) is 5.62. The van der Waals surface area contributed by atoms with E-state index in [1.165, 1.54) is 0 Å². The topological polar surface area (TPSA) is 50.4 Å². The van der Waals surface area contributed by atoms with Crippen LogP contribution in [0.25, 0.3) is 0 Å². The highest BCUT2D eigenvalue weighted by Gasteiger charge is 2.05. The van der Waals surface area contributed by atoms with Gasteiger partial charge in [-0.2, -0.15) is 0 Å². The average molecular weight is 250 g/mol. The van der Waals surface area contributed by atoms with E-state index in [-0.39, 0.29) is 12.1 Å². The van der Waals surface area contributed by atoms with Gasteiger partial charge in [-0.3, -0.25) is 0 Å². The maximum atomic E-state index is 11.5. The van der Waals surface area contributed by atoms with Gasteiger partial charge in [0.05, 0.1) is 7.11 Å². The van der Waals surface area contributed by atoms with Crippen LogP contribution in [0, 0.1) is 0 Å². The minimum absolute atomic E-state index is 0.140. The average Bonchev–Trinajstić information content (AvgIpc) is 2.35. The Bertz CT molecular complexity index is 403. The van der Waals surface area contributed by atoms with E-state index in [0.29, 0.717) is 6.54 Å². The summed E-state index contributed by atoms with van der Waals surface area (Å²) in [4.78, 5) is 11.5. The number of aryl methyl sites for hydroxylation is 1. The molecule has 2 N–H and O–H groups in total. The first kappa shape index (κ1) is 14.4. The predicted molar refractivity (Wildman–Crippen MR) is 72.9 cm³/mol. The summed E-state index contributed by atoms with van der Waals surface area (Å²) in [5.74, 6) is 0.896. The summed E-state index contributed by atoms with van der Waals surface area (Å²) in [6.45, 7) is 6.47. The van der Waals surface area contributed by atoms with Crippen LogP contribution in [0.15, 0.2) is 18.2 Å². The van der Waals surface area contributed by atoms with E-state index < -0.39 is 0 Å². The minimum Gasteiger partial charge on any atom is -0.496 e. The Kier molecular flexibility index (Phi) is 5.49. The zero-order valence-corrected chi connectivity index (χ0v) is 11.5. The first-order valence-corrected chi connectivity index (χ1v) is 6.27. The number of hydrogen-bond donors (Lipinski definition) is 2. The Morgan fingerprint density at radius 3 is 2.67 bits per heavy atom. The van der Waals surface area contributed by atoms with Crippen LogP contribution in [0.1, 0.15) is 31.9 Å². The molecule has 0 aliphatic rings. The third kappa shape index (κ3) is 4.28. The van der Waals surface area contributed by atoms with Gasteiger partial charge in [0.1, 0.15) is 5.75 Å². The van der Waals surface area contributed by atoms with Crippen LogP contribution in [0.2, 0.25) is 0 Å². The molecule has 1 rings (SSSR count). The van der Waals surface area contributed by atoms with Gasteiger partial charge in [-0.05, 0) is 37.5 Å². The predicted octanol–water partition coefficient (Wildman–Crippen LogP) is 2.47. The Labute approximate surface area is 109 Å². The fraction of sp³-hybridized carbons (Fsp3) is 0.500. The van der Waals surface area contributed by atoms with E-state index in [4.69, 9.17) is 4.74 Å². The normalized spacial score (nSPS) is 10.3. The number of carbonyl (C=O) groups excluding carboxylic acids is 1. The van der Waals surface area contributed by atoms with Crippen molar-refractivity contribution in [3.8, 4) is 5.75 Å². The summed E-state index contributed by atoms with van der Waals surface area (Å²) in [6.07, 6.45) is 0.912. The molecule has 2 amide bonds. The fourth-order valence-corrected chi connectivity index (χ4v) is 1.71. The van der Waals surface area contributed by atoms with Crippen LogP contribution in [0.4, 0.5) is 4.79 Å². The van der Waals surface area contributed by atoms with Crippen molar-refractivity contribution in [1.29, 1.82) is 0 Å². The molecule has 4 nitrogen and oxygen atoms in total. The Morgan fingerprint density at radius 1 is 1.39 bits per heavy atom. The van der Waals surface area contributed by atoms with E-state index in [9.17, 15) is 4.79 Å². The quantitative estimate of drug-likeness (QED) is 0.843. The second kappa shape index (κ2) is 6.89. The summed E-state index contributed by atoms with van der Waals surface area (Å²) in [6, 6.07) is 5.98. The lowest BCUT2D eigenvalue weighted by atomic mass is 10.1. The molecule has 18 heavy (non-hydrogen) atoms. The third-order valence-electron chi connectivity index (χ3n) is 2.60. The van der Waals surface area contributed by atoms with Crippen molar-refractivity contribution in [2.45, 2.75) is 39.8 Å². The van der Waals surface area contributed by atoms with E-state index in [2.05, 4.69) is 23.6 Å². The monoisotopic (exact) mass is 250 g/mol. The maximum absolute atomic E-state index is 11.5. The van der Waals surface area contributed by atoms with Gasteiger partial charge in [0, 0.05) is 12.6 Å². The van der Waals surface area contributed by atoms with Crippen molar-refractivity contribution < 1.29 is 9.53 Å². The standard InChI is InChI=1S/C14H22N2O2/c1-5-12-8-11(6-7-13(12)18-4)9-15-14(17)16-10(2)3/h6-8,10H,5,9H2,1-4H3,(H2,15,16,17). The largest absolute Gasteiger partial charge is 0.496 e. The molecule has 0 bridgehead atoms. The summed E-state index contributed by atoms with van der Waals surface area (Å²) < 4.78 is 5.27. The first-order valence-electron chi connectivity index (χ1n) is 6.27.